The van der Waals surface area contributed by atoms with Gasteiger partial charge in [-0.3, -0.25) is 4.79 Å². The minimum Gasteiger partial charge on any atom is -0.294 e. The SMILES string of the molecule is CC(=O)c1cc(C(F)F)c(C#N)cc1C(F)(F)F. The first kappa shape index (κ1) is 14.1. The second kappa shape index (κ2) is 4.72. The largest absolute Gasteiger partial charge is 0.417 e. The predicted molar refractivity (Wildman–Crippen MR) is 51.1 cm³/mol. The highest BCUT2D eigenvalue weighted by Gasteiger charge is 2.36. The van der Waals surface area contributed by atoms with Gasteiger partial charge in [-0.05, 0) is 19.1 Å². The molecule has 1 aromatic carbocycles. The summed E-state index contributed by atoms with van der Waals surface area (Å²) >= 11 is 0. The number of nitriles is 1. The first-order valence-electron chi connectivity index (χ1n) is 4.62. The van der Waals surface area contributed by atoms with Gasteiger partial charge in [-0.2, -0.15) is 18.4 Å². The van der Waals surface area contributed by atoms with Gasteiger partial charge in [0.05, 0.1) is 17.2 Å². The normalized spacial score (nSPS) is 11.4. The fourth-order valence-corrected chi connectivity index (χ4v) is 1.42. The van der Waals surface area contributed by atoms with Gasteiger partial charge in [0.15, 0.2) is 5.78 Å². The third-order valence-electron chi connectivity index (χ3n) is 2.23. The van der Waals surface area contributed by atoms with Crippen LogP contribution in [-0.4, -0.2) is 5.78 Å². The maximum Gasteiger partial charge on any atom is 0.417 e. The summed E-state index contributed by atoms with van der Waals surface area (Å²) in [6, 6.07) is 1.97. The van der Waals surface area contributed by atoms with Gasteiger partial charge in [0.25, 0.3) is 6.43 Å². The van der Waals surface area contributed by atoms with Gasteiger partial charge in [0, 0.05) is 11.1 Å². The maximum absolute atomic E-state index is 12.6. The molecule has 0 aromatic heterocycles. The van der Waals surface area contributed by atoms with Gasteiger partial charge in [-0.25, -0.2) is 8.78 Å². The second-order valence-corrected chi connectivity index (χ2v) is 3.45. The van der Waals surface area contributed by atoms with Crippen LogP contribution in [0.2, 0.25) is 0 Å². The van der Waals surface area contributed by atoms with Crippen LogP contribution >= 0.6 is 0 Å². The molecule has 18 heavy (non-hydrogen) atoms. The van der Waals surface area contributed by atoms with Crippen molar-refractivity contribution in [2.45, 2.75) is 19.5 Å². The van der Waals surface area contributed by atoms with Crippen molar-refractivity contribution in [2.24, 2.45) is 0 Å². The second-order valence-electron chi connectivity index (χ2n) is 3.45. The molecular formula is C11H6F5NO. The van der Waals surface area contributed by atoms with Gasteiger partial charge in [-0.1, -0.05) is 0 Å². The summed E-state index contributed by atoms with van der Waals surface area (Å²) in [5, 5.41) is 8.55. The Morgan fingerprint density at radius 1 is 1.33 bits per heavy atom. The van der Waals surface area contributed by atoms with Crippen LogP contribution in [0.1, 0.15) is 40.4 Å². The van der Waals surface area contributed by atoms with Crippen molar-refractivity contribution in [1.82, 2.24) is 0 Å². The zero-order valence-electron chi connectivity index (χ0n) is 8.98. The molecule has 0 unspecified atom stereocenters. The first-order chi connectivity index (χ1) is 8.18. The number of hydrogen-bond donors (Lipinski definition) is 0. The summed E-state index contributed by atoms with van der Waals surface area (Å²) in [6.07, 6.45) is -8.01. The number of carbonyl (C=O) groups is 1. The third-order valence-corrected chi connectivity index (χ3v) is 2.23. The molecule has 0 aliphatic heterocycles. The Bertz CT molecular complexity index is 527. The number of benzene rings is 1. The van der Waals surface area contributed by atoms with E-state index in [2.05, 4.69) is 0 Å². The lowest BCUT2D eigenvalue weighted by Gasteiger charge is -2.13. The van der Waals surface area contributed by atoms with E-state index in [1.54, 1.807) is 0 Å². The minimum absolute atomic E-state index is 0.276. The molecule has 0 heterocycles. The number of Topliss-reactive ketones (excluding diaryl/α,β-unsaturated/α-hetero) is 1. The van der Waals surface area contributed by atoms with Gasteiger partial charge >= 0.3 is 6.18 Å². The first-order valence-corrected chi connectivity index (χ1v) is 4.62. The molecule has 0 spiro atoms. The fourth-order valence-electron chi connectivity index (χ4n) is 1.42. The van der Waals surface area contributed by atoms with E-state index >= 15 is 0 Å². The molecule has 0 radical (unpaired) electrons. The van der Waals surface area contributed by atoms with E-state index in [-0.39, 0.29) is 6.07 Å². The average Bonchev–Trinajstić information content (AvgIpc) is 2.25. The van der Waals surface area contributed by atoms with Gasteiger partial charge < -0.3 is 0 Å². The van der Waals surface area contributed by atoms with Crippen molar-refractivity contribution >= 4 is 5.78 Å². The van der Waals surface area contributed by atoms with Crippen LogP contribution in [0.25, 0.3) is 0 Å². The monoisotopic (exact) mass is 263 g/mol. The maximum atomic E-state index is 12.6. The molecule has 0 fully saturated rings. The van der Waals surface area contributed by atoms with Crippen molar-refractivity contribution in [3.8, 4) is 6.07 Å². The molecule has 0 saturated carbocycles. The van der Waals surface area contributed by atoms with E-state index in [1.807, 2.05) is 0 Å². The number of rotatable bonds is 2. The molecule has 1 aromatic rings. The van der Waals surface area contributed by atoms with E-state index in [9.17, 15) is 26.7 Å². The Kier molecular flexibility index (Phi) is 3.70. The zero-order chi connectivity index (χ0) is 14.1. The predicted octanol–water partition coefficient (Wildman–Crippen LogP) is 3.72. The number of alkyl halides is 5. The highest BCUT2D eigenvalue weighted by Crippen LogP contribution is 2.36. The molecule has 0 N–H and O–H groups in total. The van der Waals surface area contributed by atoms with Crippen LogP contribution < -0.4 is 0 Å². The van der Waals surface area contributed by atoms with Crippen molar-refractivity contribution < 1.29 is 26.7 Å². The number of hydrogen-bond acceptors (Lipinski definition) is 2. The molecule has 0 aliphatic rings. The molecule has 2 nitrogen and oxygen atoms in total. The van der Waals surface area contributed by atoms with Crippen LogP contribution in [0.15, 0.2) is 12.1 Å². The number of nitrogens with zero attached hydrogens (tertiary/aromatic N) is 1. The summed E-state index contributed by atoms with van der Waals surface area (Å²) in [5.74, 6) is -0.992. The minimum atomic E-state index is -4.88. The standard InChI is InChI=1S/C11H6F5NO/c1-5(18)7-3-8(10(12)13)6(4-17)2-9(7)11(14,15)16/h2-3,10H,1H3. The Morgan fingerprint density at radius 2 is 1.89 bits per heavy atom. The molecule has 7 heteroatoms. The summed E-state index contributed by atoms with van der Waals surface area (Å²) in [7, 11) is 0. The van der Waals surface area contributed by atoms with E-state index in [1.165, 1.54) is 6.07 Å². The van der Waals surface area contributed by atoms with Gasteiger partial charge in [-0.15, -0.1) is 0 Å². The Morgan fingerprint density at radius 3 is 2.22 bits per heavy atom. The topological polar surface area (TPSA) is 40.9 Å². The Balaban J connectivity index is 3.64. The molecular weight excluding hydrogens is 257 g/mol. The molecule has 0 aliphatic carbocycles. The average molecular weight is 263 g/mol. The fraction of sp³-hybridized carbons (Fsp3) is 0.273. The molecule has 0 saturated heterocycles. The summed E-state index contributed by atoms with van der Waals surface area (Å²) < 4.78 is 62.9. The number of ketones is 1. The van der Waals surface area contributed by atoms with Crippen LogP contribution in [0.5, 0.6) is 0 Å². The zero-order valence-corrected chi connectivity index (χ0v) is 8.98. The van der Waals surface area contributed by atoms with Crippen molar-refractivity contribution in [2.75, 3.05) is 0 Å². The molecule has 0 bridgehead atoms. The number of carbonyl (C=O) groups excluding carboxylic acids is 1. The molecule has 0 atom stereocenters. The molecule has 0 amide bonds. The van der Waals surface area contributed by atoms with Gasteiger partial charge in [0.2, 0.25) is 0 Å². The lowest BCUT2D eigenvalue weighted by atomic mass is 9.96. The Hall–Kier alpha value is -1.97. The van der Waals surface area contributed by atoms with E-state index in [0.29, 0.717) is 6.07 Å². The highest BCUT2D eigenvalue weighted by molar-refractivity contribution is 5.96. The van der Waals surface area contributed by atoms with Crippen molar-refractivity contribution in [3.63, 3.8) is 0 Å². The van der Waals surface area contributed by atoms with Crippen LogP contribution in [0.4, 0.5) is 22.0 Å². The van der Waals surface area contributed by atoms with E-state index < -0.39 is 40.6 Å². The summed E-state index contributed by atoms with van der Waals surface area (Å²) in [4.78, 5) is 11.1. The third kappa shape index (κ3) is 2.64. The van der Waals surface area contributed by atoms with Crippen molar-refractivity contribution in [3.05, 3.63) is 34.4 Å². The van der Waals surface area contributed by atoms with Crippen LogP contribution in [-0.2, 0) is 6.18 Å². The van der Waals surface area contributed by atoms with Crippen LogP contribution in [0, 0.1) is 11.3 Å². The van der Waals surface area contributed by atoms with Crippen LogP contribution in [0.3, 0.4) is 0 Å². The van der Waals surface area contributed by atoms with Crippen molar-refractivity contribution in [1.29, 1.82) is 5.26 Å². The highest BCUT2D eigenvalue weighted by atomic mass is 19.4. The summed E-state index contributed by atoms with van der Waals surface area (Å²) in [5.41, 5.74) is -3.91. The number of halogens is 5. The molecule has 1 rings (SSSR count). The van der Waals surface area contributed by atoms with Gasteiger partial charge in [0.1, 0.15) is 0 Å². The lowest BCUT2D eigenvalue weighted by molar-refractivity contribution is -0.138. The lowest BCUT2D eigenvalue weighted by Crippen LogP contribution is -2.13. The summed E-state index contributed by atoms with van der Waals surface area (Å²) in [6.45, 7) is 0.839. The molecule has 96 valence electrons. The van der Waals surface area contributed by atoms with E-state index in [0.717, 1.165) is 6.92 Å². The van der Waals surface area contributed by atoms with E-state index in [4.69, 9.17) is 5.26 Å². The Labute approximate surface area is 98.6 Å². The quantitative estimate of drug-likeness (QED) is 0.602. The smallest absolute Gasteiger partial charge is 0.294 e.